The van der Waals surface area contributed by atoms with E-state index in [1.807, 2.05) is 0 Å². The van der Waals surface area contributed by atoms with Crippen molar-refractivity contribution in [3.63, 3.8) is 0 Å². The first-order valence-corrected chi connectivity index (χ1v) is 21.4. The third kappa shape index (κ3) is 2.51. The predicted molar refractivity (Wildman–Crippen MR) is 262 cm³/mol. The molecule has 0 heterocycles. The molecule has 0 spiro atoms. The molecule has 0 heteroatoms. The lowest BCUT2D eigenvalue weighted by Gasteiger charge is -2.22. The maximum absolute atomic E-state index is 2.49. The fourth-order valence-electron chi connectivity index (χ4n) is 14.3. The van der Waals surface area contributed by atoms with Crippen molar-refractivity contribution < 1.29 is 0 Å². The van der Waals surface area contributed by atoms with Gasteiger partial charge in [-0.2, -0.15) is 0 Å². The van der Waals surface area contributed by atoms with Gasteiger partial charge in [0, 0.05) is 0 Å². The number of benzene rings is 16. The summed E-state index contributed by atoms with van der Waals surface area (Å²) in [6.45, 7) is 0. The number of fused-ring (bicyclic) bond motifs is 12. The third-order valence-electron chi connectivity index (χ3n) is 16.3. The van der Waals surface area contributed by atoms with Gasteiger partial charge in [-0.15, -0.1) is 0 Å². The largest absolute Gasteiger partial charge is 0.0537 e. The van der Waals surface area contributed by atoms with Gasteiger partial charge in [-0.3, -0.25) is 0 Å². The molecule has 0 unspecified atom stereocenters. The van der Waals surface area contributed by atoms with Crippen molar-refractivity contribution in [1.82, 2.24) is 0 Å². The lowest BCUT2D eigenvalue weighted by Crippen LogP contribution is -1.93. The highest BCUT2D eigenvalue weighted by atomic mass is 14.3. The van der Waals surface area contributed by atoms with E-state index in [2.05, 4.69) is 146 Å². The molecule has 19 aromatic rings. The zero-order valence-corrected chi connectivity index (χ0v) is 31.9. The quantitative estimate of drug-likeness (QED) is 0.136. The van der Waals surface area contributed by atoms with Crippen LogP contribution in [0.3, 0.4) is 0 Å². The van der Waals surface area contributed by atoms with Crippen LogP contribution in [0.2, 0.25) is 0 Å². The Morgan fingerprint density at radius 2 is 0.200 bits per heavy atom. The maximum Gasteiger partial charge on any atom is -0.000694 e. The van der Waals surface area contributed by atoms with E-state index < -0.39 is 0 Å². The molecule has 0 aliphatic heterocycles. The minimum atomic E-state index is 1.34. The molecule has 0 bridgehead atoms. The second-order valence-electron chi connectivity index (χ2n) is 18.5. The fourth-order valence-corrected chi connectivity index (χ4v) is 14.3. The molecular weight excluding hydrogens is 721 g/mol. The zero-order valence-electron chi connectivity index (χ0n) is 31.9. The Hall–Kier alpha value is -7.80. The van der Waals surface area contributed by atoms with Gasteiger partial charge in [0.25, 0.3) is 0 Å². The van der Waals surface area contributed by atoms with Gasteiger partial charge in [0.1, 0.15) is 0 Å². The summed E-state index contributed by atoms with van der Waals surface area (Å²) in [6, 6.07) is 57.7. The standard InChI is InChI=1S/C60H24/c1-7-28-13-19-34-49-43(28)40-25(1)2-8-29-14-20-35(50(49)44(29)40)56-55(34)57-36-21-15-30-9-3-26-5-11-32-17-23-38(53-47(32)41(26)45(30)51(36)53)59(57)60-39-24-18-33-12-6-27-4-10-31-16-22-37(58(56)60)52-46(31)42(27)48(33)54(39)52/h1-24H. The molecule has 0 aliphatic rings. The highest BCUT2D eigenvalue weighted by molar-refractivity contribution is 6.61. The van der Waals surface area contributed by atoms with E-state index in [0.29, 0.717) is 0 Å². The third-order valence-corrected chi connectivity index (χ3v) is 16.3. The molecule has 60 heavy (non-hydrogen) atoms. The lowest BCUT2D eigenvalue weighted by atomic mass is 9.80. The van der Waals surface area contributed by atoms with E-state index in [9.17, 15) is 0 Å². The van der Waals surface area contributed by atoms with Crippen molar-refractivity contribution in [2.24, 2.45) is 0 Å². The normalized spacial score (nSPS) is 14.0. The SMILES string of the molecule is c1cc2ccc3c4c2c2c1ccc1ccc(c4c12)c1c3c2c3ccc4ccc5ccc6ccc(c7c6c5c4c37)c2c2c3ccc4ccc5ccc6ccc(c7c6c5c4c37)c12. The van der Waals surface area contributed by atoms with Gasteiger partial charge in [-0.1, -0.05) is 146 Å². The summed E-state index contributed by atoms with van der Waals surface area (Å²) in [5.41, 5.74) is 0. The Morgan fingerprint density at radius 3 is 0.350 bits per heavy atom. The van der Waals surface area contributed by atoms with Gasteiger partial charge in [-0.25, -0.2) is 0 Å². The van der Waals surface area contributed by atoms with Crippen LogP contribution in [0.15, 0.2) is 146 Å². The molecule has 0 N–H and O–H groups in total. The summed E-state index contributed by atoms with van der Waals surface area (Å²) in [4.78, 5) is 0. The summed E-state index contributed by atoms with van der Waals surface area (Å²) < 4.78 is 0. The summed E-state index contributed by atoms with van der Waals surface area (Å²) >= 11 is 0. The Labute approximate surface area is 338 Å². The van der Waals surface area contributed by atoms with Crippen molar-refractivity contribution in [2.75, 3.05) is 0 Å². The molecule has 0 radical (unpaired) electrons. The Kier molecular flexibility index (Phi) is 3.87. The van der Waals surface area contributed by atoms with Crippen molar-refractivity contribution in [3.8, 4) is 0 Å². The molecule has 19 aromatic carbocycles. The highest BCUT2D eigenvalue weighted by Gasteiger charge is 2.31. The second kappa shape index (κ2) is 8.36. The molecule has 0 fully saturated rings. The average molecular weight is 745 g/mol. The minimum absolute atomic E-state index is 1.34. The molecule has 0 atom stereocenters. The highest BCUT2D eigenvalue weighted by Crippen LogP contribution is 2.60. The number of hydrogen-bond donors (Lipinski definition) is 0. The summed E-state index contributed by atoms with van der Waals surface area (Å²) in [5.74, 6) is 0. The van der Waals surface area contributed by atoms with Gasteiger partial charge in [-0.05, 0) is 194 Å². The Balaban J connectivity index is 1.27. The molecule has 0 aromatic heterocycles. The zero-order chi connectivity index (χ0) is 37.8. The Bertz CT molecular complexity index is 4290. The maximum atomic E-state index is 2.49. The van der Waals surface area contributed by atoms with Crippen LogP contribution in [-0.2, 0) is 0 Å². The summed E-state index contributed by atoms with van der Waals surface area (Å²) in [5, 5.41) is 50.3. The van der Waals surface area contributed by atoms with E-state index in [1.54, 1.807) is 0 Å². The molecule has 264 valence electrons. The summed E-state index contributed by atoms with van der Waals surface area (Å²) in [6.07, 6.45) is 0. The van der Waals surface area contributed by atoms with Crippen LogP contribution in [0.1, 0.15) is 0 Å². The van der Waals surface area contributed by atoms with E-state index in [1.165, 1.54) is 194 Å². The van der Waals surface area contributed by atoms with Crippen LogP contribution in [0.4, 0.5) is 0 Å². The monoisotopic (exact) mass is 744 g/mol. The van der Waals surface area contributed by atoms with E-state index in [0.717, 1.165) is 0 Å². The smallest absolute Gasteiger partial charge is 0.000694 e. The molecular formula is C60H24. The number of rotatable bonds is 0. The minimum Gasteiger partial charge on any atom is -0.0537 e. The van der Waals surface area contributed by atoms with Crippen molar-refractivity contribution in [3.05, 3.63) is 146 Å². The van der Waals surface area contributed by atoms with Crippen molar-refractivity contribution in [1.29, 1.82) is 0 Å². The molecule has 0 aliphatic carbocycles. The Morgan fingerprint density at radius 1 is 0.100 bits per heavy atom. The van der Waals surface area contributed by atoms with Gasteiger partial charge in [0.2, 0.25) is 0 Å². The van der Waals surface area contributed by atoms with Crippen LogP contribution in [0.5, 0.6) is 0 Å². The lowest BCUT2D eigenvalue weighted by molar-refractivity contribution is 1.88. The number of hydrogen-bond acceptors (Lipinski definition) is 0. The van der Waals surface area contributed by atoms with E-state index in [4.69, 9.17) is 0 Å². The topological polar surface area (TPSA) is 0 Å². The molecule has 0 saturated heterocycles. The van der Waals surface area contributed by atoms with Gasteiger partial charge in [0.05, 0.1) is 0 Å². The first-order chi connectivity index (χ1) is 29.8. The van der Waals surface area contributed by atoms with Gasteiger partial charge < -0.3 is 0 Å². The van der Waals surface area contributed by atoms with Crippen LogP contribution in [-0.4, -0.2) is 0 Å². The summed E-state index contributed by atoms with van der Waals surface area (Å²) in [7, 11) is 0. The average Bonchev–Trinajstić information content (AvgIpc) is 3.99. The van der Waals surface area contributed by atoms with E-state index >= 15 is 0 Å². The van der Waals surface area contributed by atoms with E-state index in [-0.39, 0.29) is 0 Å². The van der Waals surface area contributed by atoms with Gasteiger partial charge >= 0.3 is 0 Å². The molecule has 0 amide bonds. The van der Waals surface area contributed by atoms with Gasteiger partial charge in [0.15, 0.2) is 0 Å². The first kappa shape index (κ1) is 27.8. The molecule has 19 rings (SSSR count). The van der Waals surface area contributed by atoms with Crippen molar-refractivity contribution in [2.45, 2.75) is 0 Å². The molecule has 0 saturated carbocycles. The fraction of sp³-hybridized carbons (Fsp3) is 0. The second-order valence-corrected chi connectivity index (χ2v) is 18.5. The molecule has 0 nitrogen and oxygen atoms in total. The van der Waals surface area contributed by atoms with Crippen LogP contribution in [0.25, 0.3) is 194 Å². The predicted octanol–water partition coefficient (Wildman–Crippen LogP) is 17.4. The van der Waals surface area contributed by atoms with Crippen LogP contribution < -0.4 is 0 Å². The van der Waals surface area contributed by atoms with Crippen LogP contribution in [0, 0.1) is 0 Å². The first-order valence-electron chi connectivity index (χ1n) is 21.4. The van der Waals surface area contributed by atoms with Crippen molar-refractivity contribution >= 4 is 194 Å². The van der Waals surface area contributed by atoms with Crippen LogP contribution >= 0.6 is 0 Å².